The van der Waals surface area contributed by atoms with Gasteiger partial charge in [0.05, 0.1) is 12.5 Å². The van der Waals surface area contributed by atoms with Crippen molar-refractivity contribution in [2.75, 3.05) is 0 Å². The highest BCUT2D eigenvalue weighted by Gasteiger charge is 2.19. The van der Waals surface area contributed by atoms with Crippen LogP contribution in [0.15, 0.2) is 42.5 Å². The first kappa shape index (κ1) is 13.1. The van der Waals surface area contributed by atoms with Crippen LogP contribution >= 0.6 is 0 Å². The highest BCUT2D eigenvalue weighted by molar-refractivity contribution is 5.90. The topological polar surface area (TPSA) is 52.9 Å². The van der Waals surface area contributed by atoms with Crippen LogP contribution in [0, 0.1) is 11.3 Å². The van der Waals surface area contributed by atoms with Gasteiger partial charge in [-0.15, -0.1) is 0 Å². The fourth-order valence-corrected chi connectivity index (χ4v) is 2.04. The number of carbonyl (C=O) groups excluding carboxylic acids is 1. The van der Waals surface area contributed by atoms with E-state index in [2.05, 4.69) is 11.4 Å². The van der Waals surface area contributed by atoms with Crippen LogP contribution in [-0.2, 0) is 11.2 Å². The second kappa shape index (κ2) is 5.11. The molecule has 0 unspecified atom stereocenters. The Morgan fingerprint density at radius 2 is 1.89 bits per heavy atom. The lowest BCUT2D eigenvalue weighted by Gasteiger charge is -2.17. The van der Waals surface area contributed by atoms with Crippen molar-refractivity contribution in [2.45, 2.75) is 25.8 Å². The maximum absolute atomic E-state index is 12.0. The molecule has 2 aromatic rings. The van der Waals surface area contributed by atoms with Crippen LogP contribution in [0.3, 0.4) is 0 Å². The standard InChI is InChI=1S/C16H16N2O/c1-16(2,11-17)18-15(19)10-13-8-5-7-12-6-3-4-9-14(12)13/h3-9H,10H2,1-2H3,(H,18,19). The average molecular weight is 252 g/mol. The third-order valence-corrected chi connectivity index (χ3v) is 2.96. The molecule has 0 heterocycles. The van der Waals surface area contributed by atoms with Crippen LogP contribution < -0.4 is 5.32 Å². The monoisotopic (exact) mass is 252 g/mol. The normalized spacial score (nSPS) is 11.0. The van der Waals surface area contributed by atoms with Gasteiger partial charge in [-0.05, 0) is 30.2 Å². The molecule has 0 spiro atoms. The Balaban J connectivity index is 2.23. The van der Waals surface area contributed by atoms with Crippen molar-refractivity contribution < 1.29 is 4.79 Å². The van der Waals surface area contributed by atoms with Gasteiger partial charge in [0.25, 0.3) is 0 Å². The van der Waals surface area contributed by atoms with Gasteiger partial charge in [-0.25, -0.2) is 0 Å². The number of hydrogen-bond acceptors (Lipinski definition) is 2. The van der Waals surface area contributed by atoms with E-state index in [1.54, 1.807) is 13.8 Å². The maximum atomic E-state index is 12.0. The Kier molecular flexibility index (Phi) is 3.52. The molecule has 3 heteroatoms. The smallest absolute Gasteiger partial charge is 0.225 e. The quantitative estimate of drug-likeness (QED) is 0.913. The van der Waals surface area contributed by atoms with E-state index in [1.807, 2.05) is 42.5 Å². The predicted molar refractivity (Wildman–Crippen MR) is 75.5 cm³/mol. The van der Waals surface area contributed by atoms with E-state index in [0.717, 1.165) is 16.3 Å². The molecule has 19 heavy (non-hydrogen) atoms. The maximum Gasteiger partial charge on any atom is 0.225 e. The molecule has 96 valence electrons. The van der Waals surface area contributed by atoms with Crippen LogP contribution in [-0.4, -0.2) is 11.4 Å². The van der Waals surface area contributed by atoms with Gasteiger partial charge in [0.2, 0.25) is 5.91 Å². The second-order valence-electron chi connectivity index (χ2n) is 5.10. The SMILES string of the molecule is CC(C)(C#N)NC(=O)Cc1cccc2ccccc12. The fourth-order valence-electron chi connectivity index (χ4n) is 2.04. The van der Waals surface area contributed by atoms with Crippen molar-refractivity contribution >= 4 is 16.7 Å². The molecule has 0 saturated carbocycles. The van der Waals surface area contributed by atoms with E-state index < -0.39 is 5.54 Å². The Labute approximate surface area is 112 Å². The first-order chi connectivity index (χ1) is 9.02. The lowest BCUT2D eigenvalue weighted by atomic mass is 10.0. The minimum atomic E-state index is -0.832. The van der Waals surface area contributed by atoms with Gasteiger partial charge in [0, 0.05) is 0 Å². The van der Waals surface area contributed by atoms with Crippen LogP contribution in [0.4, 0.5) is 0 Å². The number of benzene rings is 2. The molecule has 0 fully saturated rings. The van der Waals surface area contributed by atoms with E-state index in [4.69, 9.17) is 5.26 Å². The molecule has 3 nitrogen and oxygen atoms in total. The lowest BCUT2D eigenvalue weighted by Crippen LogP contribution is -2.42. The summed E-state index contributed by atoms with van der Waals surface area (Å²) in [7, 11) is 0. The largest absolute Gasteiger partial charge is 0.338 e. The number of fused-ring (bicyclic) bond motifs is 1. The van der Waals surface area contributed by atoms with Gasteiger partial charge in [-0.3, -0.25) is 4.79 Å². The fraction of sp³-hybridized carbons (Fsp3) is 0.250. The first-order valence-corrected chi connectivity index (χ1v) is 6.21. The molecular formula is C16H16N2O. The molecule has 2 aromatic carbocycles. The van der Waals surface area contributed by atoms with E-state index in [-0.39, 0.29) is 12.3 Å². The van der Waals surface area contributed by atoms with Crippen LogP contribution in [0.5, 0.6) is 0 Å². The summed E-state index contributed by atoms with van der Waals surface area (Å²) >= 11 is 0. The Morgan fingerprint density at radius 3 is 2.63 bits per heavy atom. The molecule has 0 saturated heterocycles. The minimum Gasteiger partial charge on any atom is -0.338 e. The molecule has 0 radical (unpaired) electrons. The predicted octanol–water partition coefficient (Wildman–Crippen LogP) is 2.80. The second-order valence-corrected chi connectivity index (χ2v) is 5.10. The molecule has 1 N–H and O–H groups in total. The van der Waals surface area contributed by atoms with Crippen LogP contribution in [0.1, 0.15) is 19.4 Å². The number of nitriles is 1. The van der Waals surface area contributed by atoms with Crippen LogP contribution in [0.2, 0.25) is 0 Å². The van der Waals surface area contributed by atoms with Gasteiger partial charge in [-0.2, -0.15) is 5.26 Å². The van der Waals surface area contributed by atoms with E-state index in [1.165, 1.54) is 0 Å². The summed E-state index contributed by atoms with van der Waals surface area (Å²) < 4.78 is 0. The third kappa shape index (κ3) is 3.11. The summed E-state index contributed by atoms with van der Waals surface area (Å²) in [6.45, 7) is 3.38. The van der Waals surface area contributed by atoms with Crippen molar-refractivity contribution in [1.29, 1.82) is 5.26 Å². The number of hydrogen-bond donors (Lipinski definition) is 1. The van der Waals surface area contributed by atoms with Gasteiger partial charge in [0.15, 0.2) is 0 Å². The van der Waals surface area contributed by atoms with Gasteiger partial charge in [0.1, 0.15) is 5.54 Å². The van der Waals surface area contributed by atoms with E-state index in [9.17, 15) is 4.79 Å². The van der Waals surface area contributed by atoms with Crippen molar-refractivity contribution in [3.63, 3.8) is 0 Å². The van der Waals surface area contributed by atoms with Gasteiger partial charge in [-0.1, -0.05) is 42.5 Å². The molecule has 0 atom stereocenters. The van der Waals surface area contributed by atoms with Crippen LogP contribution in [0.25, 0.3) is 10.8 Å². The van der Waals surface area contributed by atoms with Gasteiger partial charge >= 0.3 is 0 Å². The number of nitrogens with one attached hydrogen (secondary N) is 1. The number of carbonyl (C=O) groups is 1. The van der Waals surface area contributed by atoms with Crippen molar-refractivity contribution in [1.82, 2.24) is 5.32 Å². The number of nitrogens with zero attached hydrogens (tertiary/aromatic N) is 1. The lowest BCUT2D eigenvalue weighted by molar-refractivity contribution is -0.121. The molecule has 0 aliphatic heterocycles. The zero-order chi connectivity index (χ0) is 13.9. The van der Waals surface area contributed by atoms with E-state index in [0.29, 0.717) is 0 Å². The number of amides is 1. The Bertz CT molecular complexity index is 648. The first-order valence-electron chi connectivity index (χ1n) is 6.21. The third-order valence-electron chi connectivity index (χ3n) is 2.96. The van der Waals surface area contributed by atoms with E-state index >= 15 is 0 Å². The molecule has 1 amide bonds. The Morgan fingerprint density at radius 1 is 1.21 bits per heavy atom. The molecule has 0 aromatic heterocycles. The molecular weight excluding hydrogens is 236 g/mol. The highest BCUT2D eigenvalue weighted by Crippen LogP contribution is 2.19. The molecule has 0 aliphatic carbocycles. The van der Waals surface area contributed by atoms with Gasteiger partial charge < -0.3 is 5.32 Å². The summed E-state index contributed by atoms with van der Waals surface area (Å²) in [6, 6.07) is 15.9. The highest BCUT2D eigenvalue weighted by atomic mass is 16.1. The minimum absolute atomic E-state index is 0.136. The molecule has 0 bridgehead atoms. The van der Waals surface area contributed by atoms with Crippen molar-refractivity contribution in [3.8, 4) is 6.07 Å². The number of rotatable bonds is 3. The summed E-state index contributed by atoms with van der Waals surface area (Å²) in [6.07, 6.45) is 0.284. The average Bonchev–Trinajstić information content (AvgIpc) is 2.38. The summed E-state index contributed by atoms with van der Waals surface area (Å²) in [4.78, 5) is 12.0. The zero-order valence-corrected chi connectivity index (χ0v) is 11.1. The summed E-state index contributed by atoms with van der Waals surface area (Å²) in [5, 5.41) is 13.8. The summed E-state index contributed by atoms with van der Waals surface area (Å²) in [5.41, 5.74) is 0.145. The zero-order valence-electron chi connectivity index (χ0n) is 11.1. The molecule has 2 rings (SSSR count). The van der Waals surface area contributed by atoms with Crippen molar-refractivity contribution in [3.05, 3.63) is 48.0 Å². The molecule has 0 aliphatic rings. The summed E-state index contributed by atoms with van der Waals surface area (Å²) in [5.74, 6) is -0.136. The van der Waals surface area contributed by atoms with Crippen molar-refractivity contribution in [2.24, 2.45) is 0 Å². The Hall–Kier alpha value is -2.34.